The van der Waals surface area contributed by atoms with Crippen LogP contribution in [0.3, 0.4) is 0 Å². The molecule has 4 heterocycles. The highest BCUT2D eigenvalue weighted by Gasteiger charge is 2.34. The lowest BCUT2D eigenvalue weighted by molar-refractivity contribution is 0.266. The number of anilines is 2. The second-order valence-corrected chi connectivity index (χ2v) is 14.0. The maximum atomic E-state index is 11.7. The van der Waals surface area contributed by atoms with Crippen molar-refractivity contribution < 1.29 is 4.52 Å². The molecule has 3 fully saturated rings. The monoisotopic (exact) mass is 550 g/mol. The molecule has 2 atom stereocenters. The van der Waals surface area contributed by atoms with Gasteiger partial charge in [-0.05, 0) is 75.0 Å². The lowest BCUT2D eigenvalue weighted by Crippen LogP contribution is -2.35. The Morgan fingerprint density at radius 2 is 1.80 bits per heavy atom. The summed E-state index contributed by atoms with van der Waals surface area (Å²) in [5.41, 5.74) is 1.86. The minimum atomic E-state index is -0.684. The largest absolute Gasteiger partial charge is 0.460 e. The van der Waals surface area contributed by atoms with Crippen LogP contribution in [0.5, 0.6) is 0 Å². The summed E-state index contributed by atoms with van der Waals surface area (Å²) in [6, 6.07) is 0.727. The van der Waals surface area contributed by atoms with Gasteiger partial charge in [0.1, 0.15) is 5.52 Å². The van der Waals surface area contributed by atoms with Crippen molar-refractivity contribution in [2.45, 2.75) is 117 Å². The van der Waals surface area contributed by atoms with Gasteiger partial charge in [0.15, 0.2) is 11.5 Å². The highest BCUT2D eigenvalue weighted by atomic mass is 16.5. The Balaban J connectivity index is 1.47. The van der Waals surface area contributed by atoms with Crippen LogP contribution in [0.1, 0.15) is 98.8 Å². The summed E-state index contributed by atoms with van der Waals surface area (Å²) >= 11 is 0. The number of rotatable bonds is 8. The summed E-state index contributed by atoms with van der Waals surface area (Å²) in [6.07, 6.45) is 12.3. The van der Waals surface area contributed by atoms with Gasteiger partial charge in [0.25, 0.3) is 0 Å². The lowest BCUT2D eigenvalue weighted by atomic mass is 9.80. The van der Waals surface area contributed by atoms with E-state index in [1.165, 1.54) is 57.8 Å². The maximum absolute atomic E-state index is 11.7. The third-order valence-corrected chi connectivity index (χ3v) is 9.51. The SMILES string of the molecule is CC1CCC(Cn2c(N3CCCC3CC(C)(C)C)nc3nc(-c4nc(=O)o[nH]4)nc(N[C@H](C)C4CCC4)c32)CC1. The molecule has 3 aromatic rings. The first kappa shape index (κ1) is 27.3. The van der Waals surface area contributed by atoms with Crippen molar-refractivity contribution in [2.75, 3.05) is 16.8 Å². The average Bonchev–Trinajstić information content (AvgIpc) is 3.57. The van der Waals surface area contributed by atoms with E-state index in [0.717, 1.165) is 42.7 Å². The van der Waals surface area contributed by atoms with Crippen LogP contribution < -0.4 is 16.0 Å². The molecule has 1 aliphatic heterocycles. The van der Waals surface area contributed by atoms with Gasteiger partial charge in [-0.15, -0.1) is 4.98 Å². The van der Waals surface area contributed by atoms with E-state index >= 15 is 0 Å². The number of imidazole rings is 1. The third kappa shape index (κ3) is 5.63. The fourth-order valence-electron chi connectivity index (χ4n) is 7.01. The first-order chi connectivity index (χ1) is 19.1. The molecule has 3 aliphatic rings. The van der Waals surface area contributed by atoms with Crippen LogP contribution in [0.2, 0.25) is 0 Å². The second kappa shape index (κ2) is 10.8. The molecular formula is C30H46N8O2. The summed E-state index contributed by atoms with van der Waals surface area (Å²) < 4.78 is 7.30. The van der Waals surface area contributed by atoms with E-state index in [0.29, 0.717) is 29.3 Å². The molecule has 6 rings (SSSR count). The van der Waals surface area contributed by atoms with E-state index in [-0.39, 0.29) is 17.3 Å². The summed E-state index contributed by atoms with van der Waals surface area (Å²) in [7, 11) is 0. The smallest absolute Gasteiger partial charge is 0.365 e. The number of hydrogen-bond donors (Lipinski definition) is 2. The van der Waals surface area contributed by atoms with E-state index in [1.807, 2.05) is 0 Å². The van der Waals surface area contributed by atoms with Gasteiger partial charge in [-0.3, -0.25) is 0 Å². The van der Waals surface area contributed by atoms with Crippen molar-refractivity contribution in [3.8, 4) is 11.6 Å². The fraction of sp³-hybridized carbons (Fsp3) is 0.767. The van der Waals surface area contributed by atoms with E-state index in [9.17, 15) is 4.79 Å². The van der Waals surface area contributed by atoms with Crippen LogP contribution in [0, 0.1) is 23.2 Å². The number of aromatic amines is 1. The summed E-state index contributed by atoms with van der Waals surface area (Å²) in [5, 5.41) is 6.36. The molecule has 10 heteroatoms. The van der Waals surface area contributed by atoms with Gasteiger partial charge in [-0.2, -0.15) is 10.1 Å². The zero-order valence-electron chi connectivity index (χ0n) is 24.9. The second-order valence-electron chi connectivity index (χ2n) is 14.0. The molecule has 2 aliphatic carbocycles. The molecule has 2 N–H and O–H groups in total. The Labute approximate surface area is 236 Å². The number of aromatic nitrogens is 6. The average molecular weight is 551 g/mol. The predicted molar refractivity (Wildman–Crippen MR) is 157 cm³/mol. The fourth-order valence-corrected chi connectivity index (χ4v) is 7.01. The van der Waals surface area contributed by atoms with E-state index in [4.69, 9.17) is 19.5 Å². The Hall–Kier alpha value is -2.91. The summed E-state index contributed by atoms with van der Waals surface area (Å²) in [4.78, 5) is 33.3. The topological polar surface area (TPSA) is 118 Å². The Kier molecular flexibility index (Phi) is 7.38. The van der Waals surface area contributed by atoms with Crippen molar-refractivity contribution in [2.24, 2.45) is 23.2 Å². The molecule has 1 saturated heterocycles. The van der Waals surface area contributed by atoms with Crippen molar-refractivity contribution >= 4 is 22.9 Å². The molecule has 0 spiro atoms. The van der Waals surface area contributed by atoms with Gasteiger partial charge in [-0.25, -0.2) is 14.8 Å². The Bertz CT molecular complexity index is 1370. The Morgan fingerprint density at radius 3 is 2.45 bits per heavy atom. The third-order valence-electron chi connectivity index (χ3n) is 9.51. The highest BCUT2D eigenvalue weighted by molar-refractivity contribution is 5.87. The molecular weight excluding hydrogens is 504 g/mol. The predicted octanol–water partition coefficient (Wildman–Crippen LogP) is 6.00. The summed E-state index contributed by atoms with van der Waals surface area (Å²) in [5.74, 6) is 3.71. The molecule has 218 valence electrons. The van der Waals surface area contributed by atoms with Crippen LogP contribution >= 0.6 is 0 Å². The Morgan fingerprint density at radius 1 is 1.02 bits per heavy atom. The van der Waals surface area contributed by atoms with Gasteiger partial charge in [0, 0.05) is 25.2 Å². The van der Waals surface area contributed by atoms with Crippen molar-refractivity contribution in [3.63, 3.8) is 0 Å². The first-order valence-electron chi connectivity index (χ1n) is 15.5. The lowest BCUT2D eigenvalue weighted by Gasteiger charge is -2.33. The van der Waals surface area contributed by atoms with Gasteiger partial charge in [0.05, 0.1) is 0 Å². The number of nitrogens with zero attached hydrogens (tertiary/aromatic N) is 6. The van der Waals surface area contributed by atoms with Gasteiger partial charge in [-0.1, -0.05) is 47.0 Å². The quantitative estimate of drug-likeness (QED) is 0.351. The highest BCUT2D eigenvalue weighted by Crippen LogP contribution is 2.39. The molecule has 0 aromatic carbocycles. The van der Waals surface area contributed by atoms with Crippen LogP contribution in [0.4, 0.5) is 11.8 Å². The molecule has 2 saturated carbocycles. The number of nitrogens with one attached hydrogen (secondary N) is 2. The minimum absolute atomic E-state index is 0.232. The summed E-state index contributed by atoms with van der Waals surface area (Å²) in [6.45, 7) is 13.5. The minimum Gasteiger partial charge on any atom is -0.365 e. The standard InChI is InChI=1S/C30H46N8O2/c1-18-11-13-20(14-12-18)17-38-23-24(31-19(2)21-8-6-9-21)32-26(27-35-29(39)40-36-27)33-25(23)34-28(38)37-15-7-10-22(37)16-30(3,4)5/h18-22H,6-17H2,1-5H3,(H,31,32,33)(H,35,36,39)/t18?,19-,20?,22?/m1/s1. The normalized spacial score (nSPS) is 24.9. The maximum Gasteiger partial charge on any atom is 0.460 e. The van der Waals surface area contributed by atoms with Crippen LogP contribution in [0.25, 0.3) is 22.8 Å². The molecule has 40 heavy (non-hydrogen) atoms. The molecule has 3 aromatic heterocycles. The van der Waals surface area contributed by atoms with Gasteiger partial charge in [0.2, 0.25) is 17.6 Å². The zero-order chi connectivity index (χ0) is 28.0. The molecule has 0 radical (unpaired) electrons. The van der Waals surface area contributed by atoms with Crippen LogP contribution in [-0.4, -0.2) is 48.3 Å². The van der Waals surface area contributed by atoms with Gasteiger partial charge < -0.3 is 19.3 Å². The van der Waals surface area contributed by atoms with Crippen LogP contribution in [0.15, 0.2) is 9.32 Å². The van der Waals surface area contributed by atoms with Crippen LogP contribution in [-0.2, 0) is 6.54 Å². The molecule has 0 bridgehead atoms. The number of hydrogen-bond acceptors (Lipinski definition) is 8. The molecule has 1 unspecified atom stereocenters. The zero-order valence-corrected chi connectivity index (χ0v) is 24.9. The van der Waals surface area contributed by atoms with Crippen molar-refractivity contribution in [1.29, 1.82) is 0 Å². The van der Waals surface area contributed by atoms with Crippen molar-refractivity contribution in [3.05, 3.63) is 10.6 Å². The number of fused-ring (bicyclic) bond motifs is 1. The van der Waals surface area contributed by atoms with E-state index in [1.54, 1.807) is 0 Å². The number of H-pyrrole nitrogens is 1. The van der Waals surface area contributed by atoms with E-state index < -0.39 is 5.76 Å². The van der Waals surface area contributed by atoms with Gasteiger partial charge >= 0.3 is 5.76 Å². The van der Waals surface area contributed by atoms with E-state index in [2.05, 4.69) is 59.5 Å². The first-order valence-corrected chi connectivity index (χ1v) is 15.5. The molecule has 10 nitrogen and oxygen atoms in total. The van der Waals surface area contributed by atoms with Crippen molar-refractivity contribution in [1.82, 2.24) is 29.7 Å². The molecule has 0 amide bonds.